The number of carboxylic acid groups (broad SMARTS) is 1. The maximum Gasteiger partial charge on any atom is 0.356 e. The van der Waals surface area contributed by atoms with Crippen molar-refractivity contribution in [2.24, 2.45) is 5.41 Å². The van der Waals surface area contributed by atoms with Crippen molar-refractivity contribution in [2.45, 2.75) is 39.0 Å². The Bertz CT molecular complexity index is 757. The van der Waals surface area contributed by atoms with Crippen molar-refractivity contribution in [1.82, 2.24) is 14.8 Å². The summed E-state index contributed by atoms with van der Waals surface area (Å²) >= 11 is 0. The van der Waals surface area contributed by atoms with Gasteiger partial charge in [0, 0.05) is 11.8 Å². The molecule has 0 unspecified atom stereocenters. The molecule has 1 N–H and O–H groups in total. The average molecular weight is 283 g/mol. The second kappa shape index (κ2) is 3.93. The van der Waals surface area contributed by atoms with Gasteiger partial charge in [-0.15, -0.1) is 0 Å². The van der Waals surface area contributed by atoms with Gasteiger partial charge in [0.05, 0.1) is 5.69 Å². The predicted octanol–water partition coefficient (Wildman–Crippen LogP) is 2.71. The zero-order valence-electron chi connectivity index (χ0n) is 12.1. The molecule has 0 spiro atoms. The van der Waals surface area contributed by atoms with Crippen LogP contribution in [-0.2, 0) is 6.42 Å². The quantitative estimate of drug-likeness (QED) is 0.920. The lowest BCUT2D eigenvalue weighted by Gasteiger charge is -2.50. The number of aromatic carboxylic acids is 1. The van der Waals surface area contributed by atoms with Crippen molar-refractivity contribution in [3.8, 4) is 5.82 Å². The molecule has 0 aliphatic heterocycles. The van der Waals surface area contributed by atoms with Gasteiger partial charge in [-0.25, -0.2) is 14.5 Å². The Morgan fingerprint density at radius 1 is 1.48 bits per heavy atom. The first kappa shape index (κ1) is 12.6. The van der Waals surface area contributed by atoms with Gasteiger partial charge in [-0.05, 0) is 55.2 Å². The van der Waals surface area contributed by atoms with E-state index in [9.17, 15) is 9.90 Å². The first-order chi connectivity index (χ1) is 9.97. The lowest BCUT2D eigenvalue weighted by molar-refractivity contribution is 0.0675. The number of nitrogens with zero attached hydrogens (tertiary/aromatic N) is 3. The minimum absolute atomic E-state index is 0.208. The molecule has 0 atom stereocenters. The summed E-state index contributed by atoms with van der Waals surface area (Å²) < 4.78 is 1.75. The van der Waals surface area contributed by atoms with Crippen molar-refractivity contribution in [3.05, 3.63) is 40.8 Å². The topological polar surface area (TPSA) is 68.0 Å². The zero-order chi connectivity index (χ0) is 14.8. The summed E-state index contributed by atoms with van der Waals surface area (Å²) in [6.45, 7) is 4.27. The summed E-state index contributed by atoms with van der Waals surface area (Å²) in [5, 5.41) is 13.8. The van der Waals surface area contributed by atoms with Crippen LogP contribution < -0.4 is 0 Å². The fourth-order valence-electron chi connectivity index (χ4n) is 3.93. The van der Waals surface area contributed by atoms with Gasteiger partial charge in [0.25, 0.3) is 0 Å². The highest BCUT2D eigenvalue weighted by molar-refractivity contribution is 5.88. The van der Waals surface area contributed by atoms with Crippen LogP contribution in [0.15, 0.2) is 18.3 Å². The zero-order valence-corrected chi connectivity index (χ0v) is 12.1. The molecule has 2 aromatic rings. The van der Waals surface area contributed by atoms with Crippen LogP contribution in [-0.4, -0.2) is 25.8 Å². The summed E-state index contributed by atoms with van der Waals surface area (Å²) in [4.78, 5) is 15.9. The highest BCUT2D eigenvalue weighted by Gasteiger charge is 2.50. The number of carbonyl (C=O) groups is 1. The van der Waals surface area contributed by atoms with Gasteiger partial charge >= 0.3 is 5.97 Å². The first-order valence-electron chi connectivity index (χ1n) is 7.25. The summed E-state index contributed by atoms with van der Waals surface area (Å²) in [6, 6.07) is 3.87. The van der Waals surface area contributed by atoms with E-state index in [1.54, 1.807) is 10.9 Å². The van der Waals surface area contributed by atoms with E-state index in [1.165, 1.54) is 0 Å². The van der Waals surface area contributed by atoms with Crippen LogP contribution in [0.1, 0.15) is 53.0 Å². The number of hydrogen-bond acceptors (Lipinski definition) is 3. The number of rotatable bonds is 2. The molecule has 5 nitrogen and oxygen atoms in total. The summed E-state index contributed by atoms with van der Waals surface area (Å²) in [6.07, 6.45) is 4.78. The Kier molecular flexibility index (Phi) is 2.35. The van der Waals surface area contributed by atoms with Gasteiger partial charge in [0.2, 0.25) is 0 Å². The number of hydrogen-bond donors (Lipinski definition) is 1. The largest absolute Gasteiger partial charge is 0.476 e. The SMILES string of the molecule is Cc1ccnc(-n2nc(C(=O)O)c3c2CC2(C)CC3C2)c1. The van der Waals surface area contributed by atoms with Crippen LogP contribution in [0.4, 0.5) is 0 Å². The van der Waals surface area contributed by atoms with Crippen molar-refractivity contribution in [2.75, 3.05) is 0 Å². The van der Waals surface area contributed by atoms with Crippen molar-refractivity contribution >= 4 is 5.97 Å². The molecule has 108 valence electrons. The van der Waals surface area contributed by atoms with E-state index < -0.39 is 5.97 Å². The maximum absolute atomic E-state index is 11.5. The third-order valence-electron chi connectivity index (χ3n) is 4.82. The third-order valence-corrected chi connectivity index (χ3v) is 4.82. The van der Waals surface area contributed by atoms with Gasteiger partial charge in [-0.2, -0.15) is 5.10 Å². The smallest absolute Gasteiger partial charge is 0.356 e. The van der Waals surface area contributed by atoms with Crippen molar-refractivity contribution < 1.29 is 9.90 Å². The minimum Gasteiger partial charge on any atom is -0.476 e. The van der Waals surface area contributed by atoms with Crippen LogP contribution in [0.2, 0.25) is 0 Å². The predicted molar refractivity (Wildman–Crippen MR) is 76.8 cm³/mol. The van der Waals surface area contributed by atoms with Crippen LogP contribution in [0, 0.1) is 12.3 Å². The molecular formula is C16H17N3O2. The van der Waals surface area contributed by atoms with Gasteiger partial charge < -0.3 is 5.11 Å². The van der Waals surface area contributed by atoms with Crippen LogP contribution in [0.25, 0.3) is 5.82 Å². The molecule has 3 aliphatic carbocycles. The van der Waals surface area contributed by atoms with Crippen molar-refractivity contribution in [1.29, 1.82) is 0 Å². The van der Waals surface area contributed by atoms with E-state index in [0.29, 0.717) is 17.2 Å². The molecule has 2 heterocycles. The second-order valence-electron chi connectivity index (χ2n) is 6.71. The Balaban J connectivity index is 1.93. The number of carboxylic acids is 1. The molecule has 5 heteroatoms. The Morgan fingerprint density at radius 2 is 2.24 bits per heavy atom. The minimum atomic E-state index is -0.937. The first-order valence-corrected chi connectivity index (χ1v) is 7.25. The second-order valence-corrected chi connectivity index (χ2v) is 6.71. The lowest BCUT2D eigenvalue weighted by atomic mass is 9.54. The lowest BCUT2D eigenvalue weighted by Crippen LogP contribution is -2.41. The van der Waals surface area contributed by atoms with E-state index in [1.807, 2.05) is 19.1 Å². The Hall–Kier alpha value is -2.17. The van der Waals surface area contributed by atoms with Gasteiger partial charge in [-0.3, -0.25) is 0 Å². The van der Waals surface area contributed by atoms with E-state index in [-0.39, 0.29) is 5.69 Å². The monoisotopic (exact) mass is 283 g/mol. The fraction of sp³-hybridized carbons (Fsp3) is 0.438. The molecule has 1 saturated carbocycles. The standard InChI is InChI=1S/C16H17N3O2/c1-9-3-4-17-12(5-9)19-11-8-16(2)6-10(7-16)13(11)14(18-19)15(20)21/h3-5,10H,6-8H2,1-2H3,(H,20,21). The molecule has 0 aromatic carbocycles. The molecule has 0 radical (unpaired) electrons. The molecule has 3 aliphatic rings. The molecule has 0 saturated heterocycles. The van der Waals surface area contributed by atoms with Gasteiger partial charge in [0.15, 0.2) is 11.5 Å². The number of aryl methyl sites for hydroxylation is 1. The van der Waals surface area contributed by atoms with Crippen molar-refractivity contribution in [3.63, 3.8) is 0 Å². The summed E-state index contributed by atoms with van der Waals surface area (Å²) in [5.74, 6) is 0.125. The third kappa shape index (κ3) is 1.73. The molecule has 2 aromatic heterocycles. The van der Waals surface area contributed by atoms with E-state index in [0.717, 1.165) is 36.1 Å². The average Bonchev–Trinajstić information content (AvgIpc) is 2.77. The molecule has 5 rings (SSSR count). The number of pyridine rings is 1. The van der Waals surface area contributed by atoms with E-state index >= 15 is 0 Å². The van der Waals surface area contributed by atoms with Gasteiger partial charge in [0.1, 0.15) is 0 Å². The molecule has 1 fully saturated rings. The Morgan fingerprint density at radius 3 is 2.90 bits per heavy atom. The van der Waals surface area contributed by atoms with E-state index in [4.69, 9.17) is 0 Å². The maximum atomic E-state index is 11.5. The van der Waals surface area contributed by atoms with Crippen LogP contribution in [0.5, 0.6) is 0 Å². The van der Waals surface area contributed by atoms with E-state index in [2.05, 4.69) is 17.0 Å². The molecule has 21 heavy (non-hydrogen) atoms. The van der Waals surface area contributed by atoms with Crippen LogP contribution in [0.3, 0.4) is 0 Å². The Labute approximate surface area is 122 Å². The number of aromatic nitrogens is 3. The molecule has 2 bridgehead atoms. The summed E-state index contributed by atoms with van der Waals surface area (Å²) in [7, 11) is 0. The highest BCUT2D eigenvalue weighted by atomic mass is 16.4. The van der Waals surface area contributed by atoms with Gasteiger partial charge in [-0.1, -0.05) is 6.92 Å². The highest BCUT2D eigenvalue weighted by Crippen LogP contribution is 2.58. The molecular weight excluding hydrogens is 266 g/mol. The van der Waals surface area contributed by atoms with Crippen LogP contribution >= 0.6 is 0 Å². The molecule has 0 amide bonds. The fourth-order valence-corrected chi connectivity index (χ4v) is 3.93. The summed E-state index contributed by atoms with van der Waals surface area (Å²) in [5.41, 5.74) is 3.58. The normalized spacial score (nSPS) is 26.1.